The molecule has 3 heterocycles. The summed E-state index contributed by atoms with van der Waals surface area (Å²) in [7, 11) is 0. The first kappa shape index (κ1) is 15.6. The second-order valence-corrected chi connectivity index (χ2v) is 7.75. The normalized spacial score (nSPS) is 13.2. The zero-order valence-electron chi connectivity index (χ0n) is 13.1. The van der Waals surface area contributed by atoms with Gasteiger partial charge in [-0.1, -0.05) is 23.9 Å². The molecule has 1 aliphatic rings. The first-order valence-corrected chi connectivity index (χ1v) is 9.85. The van der Waals surface area contributed by atoms with Crippen LogP contribution in [-0.2, 0) is 25.1 Å². The molecule has 0 aliphatic heterocycles. The van der Waals surface area contributed by atoms with Crippen molar-refractivity contribution in [3.05, 3.63) is 74.2 Å². The predicted molar refractivity (Wildman–Crippen MR) is 97.7 cm³/mol. The lowest BCUT2D eigenvalue weighted by Crippen LogP contribution is -2.27. The number of hydrogen-bond acceptors (Lipinski definition) is 5. The molecule has 0 saturated heterocycles. The summed E-state index contributed by atoms with van der Waals surface area (Å²) in [6.07, 6.45) is 4.88. The van der Waals surface area contributed by atoms with Crippen LogP contribution in [-0.4, -0.2) is 14.5 Å². The maximum absolute atomic E-state index is 12.6. The average molecular weight is 355 g/mol. The zero-order valence-corrected chi connectivity index (χ0v) is 14.8. The first-order chi connectivity index (χ1) is 11.8. The molecule has 0 bridgehead atoms. The van der Waals surface area contributed by atoms with Gasteiger partial charge in [0.25, 0.3) is 0 Å². The molecule has 122 valence electrons. The summed E-state index contributed by atoms with van der Waals surface area (Å²) < 4.78 is 1.86. The van der Waals surface area contributed by atoms with E-state index in [-0.39, 0.29) is 5.69 Å². The average Bonchev–Trinajstić information content (AvgIpc) is 3.28. The van der Waals surface area contributed by atoms with Gasteiger partial charge in [0.15, 0.2) is 0 Å². The summed E-state index contributed by atoms with van der Waals surface area (Å²) in [5, 5.41) is 2.94. The molecule has 0 fully saturated rings. The van der Waals surface area contributed by atoms with Crippen molar-refractivity contribution >= 4 is 23.1 Å². The molecule has 0 amide bonds. The van der Waals surface area contributed by atoms with Crippen LogP contribution in [0.5, 0.6) is 0 Å². The minimum atomic E-state index is -0.132. The summed E-state index contributed by atoms with van der Waals surface area (Å²) >= 11 is 3.31. The Morgan fingerprint density at radius 1 is 1.21 bits per heavy atom. The molecule has 0 unspecified atom stereocenters. The number of nitrogens with zero attached hydrogens (tertiary/aromatic N) is 3. The Morgan fingerprint density at radius 2 is 2.17 bits per heavy atom. The second kappa shape index (κ2) is 6.91. The maximum Gasteiger partial charge on any atom is 0.349 e. The summed E-state index contributed by atoms with van der Waals surface area (Å²) in [5.74, 6) is 0.745. The number of fused-ring (bicyclic) bond motifs is 1. The van der Waals surface area contributed by atoms with Gasteiger partial charge < -0.3 is 0 Å². The van der Waals surface area contributed by atoms with E-state index in [2.05, 4.69) is 16.0 Å². The number of thioether (sulfide) groups is 1. The topological polar surface area (TPSA) is 47.8 Å². The van der Waals surface area contributed by atoms with Gasteiger partial charge in [-0.15, -0.1) is 11.3 Å². The first-order valence-electron chi connectivity index (χ1n) is 7.99. The number of hydrogen-bond donors (Lipinski definition) is 0. The van der Waals surface area contributed by atoms with E-state index in [9.17, 15) is 4.79 Å². The van der Waals surface area contributed by atoms with Crippen LogP contribution in [0.25, 0.3) is 0 Å². The number of rotatable bonds is 5. The van der Waals surface area contributed by atoms with Gasteiger partial charge >= 0.3 is 5.69 Å². The quantitative estimate of drug-likeness (QED) is 0.519. The largest absolute Gasteiger partial charge is 0.349 e. The third-order valence-electron chi connectivity index (χ3n) is 4.18. The van der Waals surface area contributed by atoms with Crippen LogP contribution in [0.3, 0.4) is 0 Å². The van der Waals surface area contributed by atoms with Gasteiger partial charge in [0, 0.05) is 28.1 Å². The molecule has 6 heteroatoms. The molecule has 4 nitrogen and oxygen atoms in total. The van der Waals surface area contributed by atoms with Crippen molar-refractivity contribution in [1.29, 1.82) is 0 Å². The molecule has 0 radical (unpaired) electrons. The van der Waals surface area contributed by atoms with Crippen LogP contribution < -0.4 is 5.69 Å². The fourth-order valence-electron chi connectivity index (χ4n) is 3.05. The Balaban J connectivity index is 1.63. The molecule has 24 heavy (non-hydrogen) atoms. The molecule has 0 aromatic carbocycles. The smallest absolute Gasteiger partial charge is 0.291 e. The van der Waals surface area contributed by atoms with E-state index in [1.165, 1.54) is 16.1 Å². The van der Waals surface area contributed by atoms with Crippen molar-refractivity contribution < 1.29 is 0 Å². The van der Waals surface area contributed by atoms with Crippen LogP contribution in [0.4, 0.5) is 0 Å². The monoisotopic (exact) mass is 355 g/mol. The minimum Gasteiger partial charge on any atom is -0.291 e. The van der Waals surface area contributed by atoms with Crippen molar-refractivity contribution in [2.75, 3.05) is 0 Å². The number of pyridine rings is 1. The van der Waals surface area contributed by atoms with Gasteiger partial charge in [0.1, 0.15) is 5.03 Å². The van der Waals surface area contributed by atoms with Crippen LogP contribution in [0, 0.1) is 0 Å². The van der Waals surface area contributed by atoms with Gasteiger partial charge in [0.05, 0.1) is 12.2 Å². The van der Waals surface area contributed by atoms with Crippen molar-refractivity contribution in [2.45, 2.75) is 36.6 Å². The summed E-state index contributed by atoms with van der Waals surface area (Å²) in [6, 6.07) is 10.00. The Labute approximate surface area is 148 Å². The van der Waals surface area contributed by atoms with E-state index >= 15 is 0 Å². The van der Waals surface area contributed by atoms with Gasteiger partial charge in [-0.05, 0) is 42.8 Å². The second-order valence-electron chi connectivity index (χ2n) is 5.75. The Morgan fingerprint density at radius 3 is 2.96 bits per heavy atom. The van der Waals surface area contributed by atoms with Crippen molar-refractivity contribution in [3.63, 3.8) is 0 Å². The Kier molecular flexibility index (Phi) is 4.49. The lowest BCUT2D eigenvalue weighted by Gasteiger charge is -2.13. The third kappa shape index (κ3) is 3.16. The molecule has 4 rings (SSSR count). The SMILES string of the molecule is O=c1nc(SCc2ccccn2)c2c(n1Cc1cccs1)CCC2. The zero-order chi connectivity index (χ0) is 16.4. The van der Waals surface area contributed by atoms with E-state index in [0.29, 0.717) is 6.54 Å². The lowest BCUT2D eigenvalue weighted by atomic mass is 10.2. The third-order valence-corrected chi connectivity index (χ3v) is 6.09. The molecule has 0 saturated carbocycles. The summed E-state index contributed by atoms with van der Waals surface area (Å²) in [4.78, 5) is 22.5. The summed E-state index contributed by atoms with van der Waals surface area (Å²) in [5.41, 5.74) is 3.31. The molecule has 0 N–H and O–H groups in total. The van der Waals surface area contributed by atoms with Crippen molar-refractivity contribution in [2.24, 2.45) is 0 Å². The maximum atomic E-state index is 12.6. The van der Waals surface area contributed by atoms with Crippen molar-refractivity contribution in [3.8, 4) is 0 Å². The van der Waals surface area contributed by atoms with Gasteiger partial charge in [-0.3, -0.25) is 9.55 Å². The fraction of sp³-hybridized carbons (Fsp3) is 0.278. The Hall–Kier alpha value is -1.92. The van der Waals surface area contributed by atoms with Crippen molar-refractivity contribution in [1.82, 2.24) is 14.5 Å². The van der Waals surface area contributed by atoms with Gasteiger partial charge in [0.2, 0.25) is 0 Å². The van der Waals surface area contributed by atoms with Gasteiger partial charge in [-0.25, -0.2) is 4.79 Å². The standard InChI is InChI=1S/C18H17N3OS2/c22-18-20-17(24-12-13-5-1-2-9-19-13)15-7-3-8-16(15)21(18)11-14-6-4-10-23-14/h1-2,4-6,9-10H,3,7-8,11-12H2. The van der Waals surface area contributed by atoms with Crippen LogP contribution in [0.2, 0.25) is 0 Å². The van der Waals surface area contributed by atoms with E-state index in [4.69, 9.17) is 0 Å². The molecular formula is C18H17N3OS2. The summed E-state index contributed by atoms with van der Waals surface area (Å²) in [6.45, 7) is 0.636. The van der Waals surface area contributed by atoms with E-state index in [0.717, 1.165) is 35.7 Å². The molecule has 1 aliphatic carbocycles. The lowest BCUT2D eigenvalue weighted by molar-refractivity contribution is 0.673. The Bertz CT molecular complexity index is 889. The van der Waals surface area contributed by atoms with Gasteiger partial charge in [-0.2, -0.15) is 4.98 Å². The minimum absolute atomic E-state index is 0.132. The molecule has 0 atom stereocenters. The molecule has 0 spiro atoms. The van der Waals surface area contributed by atoms with E-state index in [1.54, 1.807) is 29.3 Å². The molecule has 3 aromatic rings. The van der Waals surface area contributed by atoms with E-state index < -0.39 is 0 Å². The van der Waals surface area contributed by atoms with E-state index in [1.807, 2.05) is 34.2 Å². The molecule has 3 aromatic heterocycles. The number of thiophene rings is 1. The fourth-order valence-corrected chi connectivity index (χ4v) is 4.74. The van der Waals surface area contributed by atoms with Crippen LogP contribution in [0.15, 0.2) is 51.7 Å². The highest BCUT2D eigenvalue weighted by atomic mass is 32.2. The highest BCUT2D eigenvalue weighted by Gasteiger charge is 2.22. The van der Waals surface area contributed by atoms with Crippen LogP contribution >= 0.6 is 23.1 Å². The molecular weight excluding hydrogens is 338 g/mol. The van der Waals surface area contributed by atoms with Crippen LogP contribution in [0.1, 0.15) is 28.2 Å². The number of aromatic nitrogens is 3. The highest BCUT2D eigenvalue weighted by Crippen LogP contribution is 2.31. The highest BCUT2D eigenvalue weighted by molar-refractivity contribution is 7.98. The predicted octanol–water partition coefficient (Wildman–Crippen LogP) is 3.53.